The number of rotatable bonds is 1. The van der Waals surface area contributed by atoms with Crippen LogP contribution in [0.3, 0.4) is 0 Å². The second-order valence-electron chi connectivity index (χ2n) is 5.49. The molecule has 2 heterocycles. The van der Waals surface area contributed by atoms with Gasteiger partial charge >= 0.3 is 7.12 Å². The third kappa shape index (κ3) is 2.20. The monoisotopic (exact) mass is 248 g/mol. The molecular formula is C13H17BO4. The average molecular weight is 248 g/mol. The van der Waals surface area contributed by atoms with Crippen molar-refractivity contribution in [2.24, 2.45) is 5.41 Å². The van der Waals surface area contributed by atoms with E-state index in [-0.39, 0.29) is 12.5 Å². The molecule has 0 N–H and O–H groups in total. The molecule has 1 fully saturated rings. The fourth-order valence-corrected chi connectivity index (χ4v) is 2.15. The van der Waals surface area contributed by atoms with Crippen molar-refractivity contribution in [3.05, 3.63) is 18.2 Å². The minimum atomic E-state index is -0.352. The van der Waals surface area contributed by atoms with Gasteiger partial charge in [-0.25, -0.2) is 0 Å². The Kier molecular flexibility index (Phi) is 2.96. The van der Waals surface area contributed by atoms with Gasteiger partial charge in [-0.15, -0.1) is 0 Å². The van der Waals surface area contributed by atoms with Crippen molar-refractivity contribution < 1.29 is 18.8 Å². The van der Waals surface area contributed by atoms with Crippen LogP contribution in [0.2, 0.25) is 0 Å². The first-order chi connectivity index (χ1) is 8.66. The molecule has 18 heavy (non-hydrogen) atoms. The normalized spacial score (nSPS) is 21.8. The van der Waals surface area contributed by atoms with Crippen LogP contribution < -0.4 is 14.9 Å². The molecule has 2 aliphatic rings. The Labute approximate surface area is 107 Å². The summed E-state index contributed by atoms with van der Waals surface area (Å²) in [5.41, 5.74) is 0.991. The van der Waals surface area contributed by atoms with Crippen molar-refractivity contribution >= 4 is 12.6 Å². The first-order valence-corrected chi connectivity index (χ1v) is 6.27. The summed E-state index contributed by atoms with van der Waals surface area (Å²) in [7, 11) is -0.352. The minimum Gasteiger partial charge on any atom is -0.487 e. The van der Waals surface area contributed by atoms with E-state index in [1.54, 1.807) is 0 Å². The molecule has 0 atom stereocenters. The van der Waals surface area contributed by atoms with Gasteiger partial charge in [0.15, 0.2) is 11.5 Å². The van der Waals surface area contributed by atoms with Crippen molar-refractivity contribution in [3.8, 4) is 11.5 Å². The van der Waals surface area contributed by atoms with Crippen molar-refractivity contribution in [1.29, 1.82) is 0 Å². The van der Waals surface area contributed by atoms with E-state index in [0.717, 1.165) is 17.0 Å². The topological polar surface area (TPSA) is 36.9 Å². The van der Waals surface area contributed by atoms with Gasteiger partial charge in [-0.2, -0.15) is 0 Å². The summed E-state index contributed by atoms with van der Waals surface area (Å²) in [6.07, 6.45) is 0. The van der Waals surface area contributed by atoms with Gasteiger partial charge in [-0.1, -0.05) is 26.0 Å². The fraction of sp³-hybridized carbons (Fsp3) is 0.538. The van der Waals surface area contributed by atoms with Crippen LogP contribution >= 0.6 is 0 Å². The van der Waals surface area contributed by atoms with Crippen LogP contribution in [0, 0.1) is 5.41 Å². The average Bonchev–Trinajstić information content (AvgIpc) is 2.38. The molecule has 4 nitrogen and oxygen atoms in total. The molecule has 1 aromatic carbocycles. The maximum atomic E-state index is 5.79. The Morgan fingerprint density at radius 1 is 1.06 bits per heavy atom. The van der Waals surface area contributed by atoms with Crippen molar-refractivity contribution in [3.63, 3.8) is 0 Å². The summed E-state index contributed by atoms with van der Waals surface area (Å²) in [6.45, 7) is 6.79. The summed E-state index contributed by atoms with van der Waals surface area (Å²) in [5, 5.41) is 0. The molecule has 0 bridgehead atoms. The lowest BCUT2D eigenvalue weighted by Gasteiger charge is -2.34. The highest BCUT2D eigenvalue weighted by Gasteiger charge is 2.36. The third-order valence-corrected chi connectivity index (χ3v) is 3.10. The van der Waals surface area contributed by atoms with Crippen LogP contribution in [-0.2, 0) is 9.31 Å². The van der Waals surface area contributed by atoms with Gasteiger partial charge in [0, 0.05) is 24.1 Å². The standard InChI is InChI=1S/C13H17BO4/c1-13(2)8-17-14(18-9-13)10-4-3-5-11-12(10)16-7-6-15-11/h3-5H,6-9H2,1-2H3. The maximum Gasteiger partial charge on any atom is 0.497 e. The smallest absolute Gasteiger partial charge is 0.487 e. The van der Waals surface area contributed by atoms with Gasteiger partial charge < -0.3 is 18.8 Å². The van der Waals surface area contributed by atoms with E-state index in [9.17, 15) is 0 Å². The van der Waals surface area contributed by atoms with Crippen LogP contribution in [0.25, 0.3) is 0 Å². The zero-order valence-electron chi connectivity index (χ0n) is 10.8. The highest BCUT2D eigenvalue weighted by atomic mass is 16.6. The second-order valence-corrected chi connectivity index (χ2v) is 5.49. The van der Waals surface area contributed by atoms with Gasteiger partial charge in [-0.3, -0.25) is 0 Å². The summed E-state index contributed by atoms with van der Waals surface area (Å²) in [4.78, 5) is 0. The van der Waals surface area contributed by atoms with Gasteiger partial charge in [-0.05, 0) is 6.07 Å². The highest BCUT2D eigenvalue weighted by Crippen LogP contribution is 2.30. The van der Waals surface area contributed by atoms with E-state index < -0.39 is 0 Å². The molecule has 0 amide bonds. The molecule has 0 saturated carbocycles. The first-order valence-electron chi connectivity index (χ1n) is 6.27. The molecule has 0 radical (unpaired) electrons. The number of para-hydroxylation sites is 1. The summed E-state index contributed by atoms with van der Waals surface area (Å²) in [6, 6.07) is 5.82. The molecule has 0 aromatic heterocycles. The molecular weight excluding hydrogens is 231 g/mol. The van der Waals surface area contributed by atoms with E-state index in [4.69, 9.17) is 18.8 Å². The zero-order valence-corrected chi connectivity index (χ0v) is 10.8. The predicted octanol–water partition coefficient (Wildman–Crippen LogP) is 1.23. The second kappa shape index (κ2) is 4.48. The van der Waals surface area contributed by atoms with Gasteiger partial charge in [0.1, 0.15) is 13.2 Å². The molecule has 3 rings (SSSR count). The number of fused-ring (bicyclic) bond motifs is 1. The molecule has 1 saturated heterocycles. The Morgan fingerprint density at radius 2 is 1.78 bits per heavy atom. The molecule has 0 aliphatic carbocycles. The molecule has 96 valence electrons. The van der Waals surface area contributed by atoms with Crippen LogP contribution in [0.1, 0.15) is 13.8 Å². The largest absolute Gasteiger partial charge is 0.497 e. The fourth-order valence-electron chi connectivity index (χ4n) is 2.15. The SMILES string of the molecule is CC1(C)COB(c2cccc3c2OCCO3)OC1. The van der Waals surface area contributed by atoms with E-state index in [0.29, 0.717) is 26.4 Å². The Balaban J connectivity index is 1.85. The third-order valence-electron chi connectivity index (χ3n) is 3.10. The van der Waals surface area contributed by atoms with Gasteiger partial charge in [0.25, 0.3) is 0 Å². The Morgan fingerprint density at radius 3 is 2.56 bits per heavy atom. The van der Waals surface area contributed by atoms with Crippen molar-refractivity contribution in [1.82, 2.24) is 0 Å². The van der Waals surface area contributed by atoms with E-state index in [2.05, 4.69) is 13.8 Å². The van der Waals surface area contributed by atoms with Gasteiger partial charge in [0.05, 0.1) is 0 Å². The first kappa shape index (κ1) is 11.9. The van der Waals surface area contributed by atoms with Gasteiger partial charge in [0.2, 0.25) is 0 Å². The summed E-state index contributed by atoms with van der Waals surface area (Å²) in [5.74, 6) is 1.53. The zero-order chi connectivity index (χ0) is 12.6. The predicted molar refractivity (Wildman–Crippen MR) is 68.5 cm³/mol. The Bertz CT molecular complexity index is 437. The quantitative estimate of drug-likeness (QED) is 0.700. The lowest BCUT2D eigenvalue weighted by atomic mass is 9.75. The minimum absolute atomic E-state index is 0.0721. The summed E-state index contributed by atoms with van der Waals surface area (Å²) >= 11 is 0. The molecule has 1 aromatic rings. The number of ether oxygens (including phenoxy) is 2. The lowest BCUT2D eigenvalue weighted by Crippen LogP contribution is -2.48. The van der Waals surface area contributed by atoms with E-state index in [1.165, 1.54) is 0 Å². The lowest BCUT2D eigenvalue weighted by molar-refractivity contribution is 0.0339. The summed E-state index contributed by atoms with van der Waals surface area (Å²) < 4.78 is 22.8. The van der Waals surface area contributed by atoms with Crippen LogP contribution in [0.4, 0.5) is 0 Å². The molecule has 0 unspecified atom stereocenters. The van der Waals surface area contributed by atoms with Crippen LogP contribution in [-0.4, -0.2) is 33.5 Å². The molecule has 5 heteroatoms. The molecule has 0 spiro atoms. The number of benzene rings is 1. The molecule has 2 aliphatic heterocycles. The maximum absolute atomic E-state index is 5.79. The van der Waals surface area contributed by atoms with E-state index in [1.807, 2.05) is 18.2 Å². The number of hydrogen-bond acceptors (Lipinski definition) is 4. The van der Waals surface area contributed by atoms with E-state index >= 15 is 0 Å². The highest BCUT2D eigenvalue weighted by molar-refractivity contribution is 6.62. The van der Waals surface area contributed by atoms with Crippen molar-refractivity contribution in [2.45, 2.75) is 13.8 Å². The van der Waals surface area contributed by atoms with Crippen LogP contribution in [0.5, 0.6) is 11.5 Å². The van der Waals surface area contributed by atoms with Crippen molar-refractivity contribution in [2.75, 3.05) is 26.4 Å². The Hall–Kier alpha value is -1.20. The number of hydrogen-bond donors (Lipinski definition) is 0. The van der Waals surface area contributed by atoms with Crippen LogP contribution in [0.15, 0.2) is 18.2 Å².